The Bertz CT molecular complexity index is 1590. The summed E-state index contributed by atoms with van der Waals surface area (Å²) in [5.41, 5.74) is 0.740. The summed E-state index contributed by atoms with van der Waals surface area (Å²) in [6.07, 6.45) is -13.3. The summed E-state index contributed by atoms with van der Waals surface area (Å²) < 4.78 is 49.8. The molecule has 5 aliphatic heterocycles. The van der Waals surface area contributed by atoms with Crippen molar-refractivity contribution in [2.75, 3.05) is 19.8 Å². The first-order valence-electron chi connectivity index (χ1n) is 22.9. The summed E-state index contributed by atoms with van der Waals surface area (Å²) in [5, 5.41) is 97.2. The van der Waals surface area contributed by atoms with E-state index in [2.05, 4.69) is 33.8 Å². The molecular weight excluding hydrogens is 800 g/mol. The van der Waals surface area contributed by atoms with Crippen molar-refractivity contribution in [3.63, 3.8) is 0 Å². The fourth-order valence-corrected chi connectivity index (χ4v) is 13.8. The molecule has 0 bridgehead atoms. The van der Waals surface area contributed by atoms with Gasteiger partial charge < -0.3 is 83.9 Å². The second-order valence-corrected chi connectivity index (χ2v) is 20.7. The maximum Gasteiger partial charge on any atom is 0.187 e. The maximum absolute atomic E-state index is 12.0. The lowest BCUT2D eigenvalue weighted by Crippen LogP contribution is -2.65. The first kappa shape index (κ1) is 45.2. The van der Waals surface area contributed by atoms with Crippen LogP contribution >= 0.6 is 0 Å². The van der Waals surface area contributed by atoms with Crippen molar-refractivity contribution in [3.8, 4) is 0 Å². The smallest absolute Gasteiger partial charge is 0.187 e. The zero-order chi connectivity index (χ0) is 43.5. The predicted octanol–water partition coefficient (Wildman–Crippen LogP) is -0.176. The van der Waals surface area contributed by atoms with Crippen molar-refractivity contribution in [1.82, 2.24) is 0 Å². The maximum atomic E-state index is 12.0. The van der Waals surface area contributed by atoms with Gasteiger partial charge in [0.25, 0.3) is 0 Å². The highest BCUT2D eigenvalue weighted by Gasteiger charge is 2.69. The van der Waals surface area contributed by atoms with Crippen LogP contribution in [-0.2, 0) is 37.9 Å². The van der Waals surface area contributed by atoms with Crippen LogP contribution in [0, 0.1) is 46.3 Å². The van der Waals surface area contributed by atoms with Crippen LogP contribution in [0.5, 0.6) is 0 Å². The highest BCUT2D eigenvalue weighted by Crippen LogP contribution is 2.71. The molecular formula is C44H70O17. The van der Waals surface area contributed by atoms with E-state index in [0.717, 1.165) is 50.7 Å². The third-order valence-electron chi connectivity index (χ3n) is 17.4. The highest BCUT2D eigenvalue weighted by atomic mass is 16.8. The average molecular weight is 871 g/mol. The van der Waals surface area contributed by atoms with Crippen molar-refractivity contribution in [1.29, 1.82) is 0 Å². The van der Waals surface area contributed by atoms with Gasteiger partial charge >= 0.3 is 0 Å². The van der Waals surface area contributed by atoms with Crippen molar-refractivity contribution in [2.24, 2.45) is 46.3 Å². The minimum atomic E-state index is -1.83. The first-order chi connectivity index (χ1) is 28.9. The van der Waals surface area contributed by atoms with E-state index >= 15 is 0 Å². The summed E-state index contributed by atoms with van der Waals surface area (Å²) >= 11 is 0. The van der Waals surface area contributed by atoms with E-state index in [-0.39, 0.29) is 17.4 Å². The normalized spacial score (nSPS) is 58.4. The van der Waals surface area contributed by atoms with Gasteiger partial charge in [0.1, 0.15) is 61.0 Å². The third-order valence-corrected chi connectivity index (χ3v) is 17.4. The molecule has 4 aliphatic carbocycles. The first-order valence-corrected chi connectivity index (χ1v) is 22.9. The molecule has 0 radical (unpaired) electrons. The highest BCUT2D eigenvalue weighted by molar-refractivity contribution is 5.29. The molecule has 9 aliphatic rings. The zero-order valence-electron chi connectivity index (χ0n) is 35.9. The molecule has 17 nitrogen and oxygen atoms in total. The standard InChI is InChI=1S/C44H70O17/c1-18-8-11-44(55-16-18)19(2)30-27(61-44)14-25-23-7-6-21-12-22(46)13-29(43(21,5)24(23)9-10-42(25,30)4)58-40-36(53)37(31(48)20(3)56-40)59-41-38(32(49)26(47)17-54-41)60-39-35(52)34(51)33(50)28(15-45)57-39/h6,18-20,22-41,45-53H,7-17H2,1-5H3/t18-,19+,20-,22-,23-,24+,25+,26-,27+,28-,29-,30+,31+,32+,33-,34+,35-,36-,37+,38-,39+,40+,41+,42+,43+,44-/m1/s1. The van der Waals surface area contributed by atoms with E-state index < -0.39 is 123 Å². The Labute approximate surface area is 357 Å². The second kappa shape index (κ2) is 16.7. The van der Waals surface area contributed by atoms with Gasteiger partial charge in [-0.2, -0.15) is 0 Å². The Hall–Kier alpha value is -0.940. The zero-order valence-corrected chi connectivity index (χ0v) is 35.9. The van der Waals surface area contributed by atoms with E-state index in [1.54, 1.807) is 6.92 Å². The molecule has 1 spiro atoms. The van der Waals surface area contributed by atoms with E-state index in [1.165, 1.54) is 0 Å². The van der Waals surface area contributed by atoms with Gasteiger partial charge in [0.2, 0.25) is 0 Å². The lowest BCUT2D eigenvalue weighted by Gasteiger charge is -2.60. The number of aliphatic hydroxyl groups excluding tert-OH is 9. The molecule has 17 heteroatoms. The van der Waals surface area contributed by atoms with Crippen molar-refractivity contribution in [2.45, 2.75) is 196 Å². The van der Waals surface area contributed by atoms with Gasteiger partial charge in [-0.15, -0.1) is 0 Å². The molecule has 9 rings (SSSR count). The van der Waals surface area contributed by atoms with Crippen LogP contribution in [0.4, 0.5) is 0 Å². The topological polar surface area (TPSA) is 256 Å². The van der Waals surface area contributed by atoms with Gasteiger partial charge in [-0.05, 0) is 80.5 Å². The summed E-state index contributed by atoms with van der Waals surface area (Å²) in [6.45, 7) is 10.5. The lowest BCUT2D eigenvalue weighted by atomic mass is 9.46. The average Bonchev–Trinajstić information content (AvgIpc) is 3.68. The third kappa shape index (κ3) is 7.32. The van der Waals surface area contributed by atoms with Gasteiger partial charge in [-0.25, -0.2) is 0 Å². The Kier molecular flexibility index (Phi) is 12.4. The van der Waals surface area contributed by atoms with Crippen molar-refractivity contribution in [3.05, 3.63) is 11.6 Å². The molecule has 5 saturated heterocycles. The number of ether oxygens (including phenoxy) is 8. The number of allylic oxidation sites excluding steroid dienone is 1. The fraction of sp³-hybridized carbons (Fsp3) is 0.955. The number of fused-ring (bicyclic) bond motifs is 7. The van der Waals surface area contributed by atoms with Gasteiger partial charge in [-0.3, -0.25) is 0 Å². The van der Waals surface area contributed by atoms with Crippen LogP contribution < -0.4 is 0 Å². The van der Waals surface area contributed by atoms with Crippen LogP contribution in [0.25, 0.3) is 0 Å². The minimum absolute atomic E-state index is 0.0847. The SMILES string of the molecule is C[C@@H]1CC[C@@]2(OC1)O[C@H]1C[C@H]3[C@@H]4CC=C5C[C@@H](O)C[C@@H](O[C@@H]6O[C@H](C)[C@H](O)[C@H](O[C@@H]7OC[C@@H](O)[C@H](O)[C@H]7O[C@@H]7O[C@H](CO)[C@@H](O)[C@H](O)[C@H]7O)[C@H]6O)[C@]5(C)[C@H]4CC[C@]3(C)[C@H]1[C@@H]2C. The van der Waals surface area contributed by atoms with E-state index in [9.17, 15) is 46.0 Å². The number of rotatable bonds is 7. The summed E-state index contributed by atoms with van der Waals surface area (Å²) in [4.78, 5) is 0. The molecule has 26 atom stereocenters. The molecule has 61 heavy (non-hydrogen) atoms. The van der Waals surface area contributed by atoms with Gasteiger partial charge in [0.15, 0.2) is 24.7 Å². The summed E-state index contributed by atoms with van der Waals surface area (Å²) in [5.74, 6) is 1.76. The Balaban J connectivity index is 0.925. The molecule has 3 saturated carbocycles. The van der Waals surface area contributed by atoms with Gasteiger partial charge in [-0.1, -0.05) is 39.3 Å². The minimum Gasteiger partial charge on any atom is -0.394 e. The fourth-order valence-electron chi connectivity index (χ4n) is 13.8. The van der Waals surface area contributed by atoms with Crippen LogP contribution in [0.2, 0.25) is 0 Å². The van der Waals surface area contributed by atoms with E-state index in [4.69, 9.17) is 37.9 Å². The molecule has 0 aromatic rings. The molecule has 5 heterocycles. The number of aliphatic hydroxyl groups is 9. The molecule has 0 aromatic carbocycles. The Morgan fingerprint density at radius 2 is 1.48 bits per heavy atom. The van der Waals surface area contributed by atoms with Gasteiger partial charge in [0.05, 0.1) is 44.2 Å². The van der Waals surface area contributed by atoms with Crippen LogP contribution in [0.15, 0.2) is 11.6 Å². The molecule has 0 aromatic heterocycles. The summed E-state index contributed by atoms with van der Waals surface area (Å²) in [7, 11) is 0. The molecule has 348 valence electrons. The second-order valence-electron chi connectivity index (χ2n) is 20.7. The molecule has 8 fully saturated rings. The molecule has 0 amide bonds. The van der Waals surface area contributed by atoms with Crippen LogP contribution in [0.1, 0.15) is 86.0 Å². The monoisotopic (exact) mass is 870 g/mol. The van der Waals surface area contributed by atoms with Crippen molar-refractivity contribution < 1.29 is 83.9 Å². The predicted molar refractivity (Wildman–Crippen MR) is 210 cm³/mol. The Morgan fingerprint density at radius 1 is 0.738 bits per heavy atom. The quantitative estimate of drug-likeness (QED) is 0.151. The number of hydrogen-bond donors (Lipinski definition) is 9. The van der Waals surface area contributed by atoms with E-state index in [0.29, 0.717) is 42.4 Å². The lowest BCUT2D eigenvalue weighted by molar-refractivity contribution is -0.381. The molecule has 0 unspecified atom stereocenters. The van der Waals surface area contributed by atoms with E-state index in [1.807, 2.05) is 0 Å². The van der Waals surface area contributed by atoms with Crippen LogP contribution in [0.3, 0.4) is 0 Å². The largest absolute Gasteiger partial charge is 0.394 e. The van der Waals surface area contributed by atoms with Gasteiger partial charge in [0, 0.05) is 24.2 Å². The Morgan fingerprint density at radius 3 is 2.20 bits per heavy atom. The molecule has 9 N–H and O–H groups in total. The van der Waals surface area contributed by atoms with Crippen molar-refractivity contribution >= 4 is 0 Å². The number of hydrogen-bond acceptors (Lipinski definition) is 17. The summed E-state index contributed by atoms with van der Waals surface area (Å²) in [6, 6.07) is 0. The van der Waals surface area contributed by atoms with Crippen LogP contribution in [-0.4, -0.2) is 176 Å².